The molecule has 0 aliphatic heterocycles. The van der Waals surface area contributed by atoms with Crippen molar-refractivity contribution in [3.05, 3.63) is 34.5 Å². The first-order chi connectivity index (χ1) is 15.4. The van der Waals surface area contributed by atoms with Crippen LogP contribution in [-0.2, 0) is 29.8 Å². The maximum Gasteiger partial charge on any atom is 0.449 e. The quantitative estimate of drug-likeness (QED) is 0.551. The van der Waals surface area contributed by atoms with Crippen LogP contribution in [0.3, 0.4) is 0 Å². The lowest BCUT2D eigenvalue weighted by Crippen LogP contribution is -2.18. The van der Waals surface area contributed by atoms with E-state index in [1.807, 2.05) is 0 Å². The number of fused-ring (bicyclic) bond motifs is 1. The van der Waals surface area contributed by atoms with Crippen LogP contribution in [0, 0.1) is 5.92 Å². The van der Waals surface area contributed by atoms with Gasteiger partial charge in [-0.25, -0.2) is 18.4 Å². The third-order valence-electron chi connectivity index (χ3n) is 5.43. The number of methoxy groups -OCH3 is 1. The zero-order valence-corrected chi connectivity index (χ0v) is 18.9. The average Bonchev–Trinajstić information content (AvgIpc) is 3.48. The largest absolute Gasteiger partial charge is 0.491 e. The Kier molecular flexibility index (Phi) is 5.63. The Hall–Kier alpha value is -3.09. The Morgan fingerprint density at radius 1 is 1.24 bits per heavy atom. The highest BCUT2D eigenvalue weighted by Gasteiger charge is 2.39. The van der Waals surface area contributed by atoms with Gasteiger partial charge in [0.1, 0.15) is 5.52 Å². The molecule has 3 aromatic rings. The fraction of sp³-hybridized carbons (Fsp3) is 0.450. The summed E-state index contributed by atoms with van der Waals surface area (Å²) in [6, 6.07) is 2.82. The van der Waals surface area contributed by atoms with Crippen molar-refractivity contribution in [3.63, 3.8) is 0 Å². The van der Waals surface area contributed by atoms with E-state index in [0.29, 0.717) is 5.56 Å². The third kappa shape index (κ3) is 4.54. The first kappa shape index (κ1) is 23.1. The van der Waals surface area contributed by atoms with Crippen LogP contribution in [-0.4, -0.2) is 40.4 Å². The van der Waals surface area contributed by atoms with E-state index in [9.17, 15) is 26.4 Å². The predicted octanol–water partition coefficient (Wildman–Crippen LogP) is 3.00. The molecule has 9 nitrogen and oxygen atoms in total. The monoisotopic (exact) mass is 485 g/mol. The van der Waals surface area contributed by atoms with Gasteiger partial charge in [-0.3, -0.25) is 9.52 Å². The van der Waals surface area contributed by atoms with Gasteiger partial charge in [0.25, 0.3) is 5.56 Å². The molecule has 0 aromatic carbocycles. The smallest absolute Gasteiger partial charge is 0.449 e. The van der Waals surface area contributed by atoms with Gasteiger partial charge in [-0.05, 0) is 37.8 Å². The van der Waals surface area contributed by atoms with E-state index in [0.717, 1.165) is 17.4 Å². The molecular weight excluding hydrogens is 463 g/mol. The third-order valence-corrected chi connectivity index (χ3v) is 6.69. The number of alkyl halides is 3. The molecule has 0 bridgehead atoms. The summed E-state index contributed by atoms with van der Waals surface area (Å²) >= 11 is 0. The van der Waals surface area contributed by atoms with Gasteiger partial charge in [0.15, 0.2) is 11.6 Å². The van der Waals surface area contributed by atoms with Gasteiger partial charge in [-0.2, -0.15) is 13.2 Å². The van der Waals surface area contributed by atoms with E-state index in [-0.39, 0.29) is 46.5 Å². The number of nitrogens with zero attached hydrogens (tertiary/aromatic N) is 4. The number of sulfonamides is 1. The van der Waals surface area contributed by atoms with Crippen LogP contribution in [0.4, 0.5) is 19.0 Å². The summed E-state index contributed by atoms with van der Waals surface area (Å²) in [5.74, 6) is -1.62. The SMILES string of the molecule is CCS(=O)(=O)Nc1nc(-c2cc(OC)c(=O)n(C)c2)cc2c1nc(C(F)(F)F)n2CC1CC1. The Bertz CT molecular complexity index is 1390. The van der Waals surface area contributed by atoms with Gasteiger partial charge in [-0.15, -0.1) is 0 Å². The number of nitrogens with one attached hydrogen (secondary N) is 1. The van der Waals surface area contributed by atoms with Crippen molar-refractivity contribution in [1.29, 1.82) is 0 Å². The normalized spacial score (nSPS) is 14.6. The zero-order valence-electron chi connectivity index (χ0n) is 18.1. The molecule has 13 heteroatoms. The molecule has 0 saturated heterocycles. The van der Waals surface area contributed by atoms with Gasteiger partial charge in [0, 0.05) is 25.4 Å². The average molecular weight is 485 g/mol. The number of pyridine rings is 2. The van der Waals surface area contributed by atoms with Crippen LogP contribution < -0.4 is 15.0 Å². The summed E-state index contributed by atoms with van der Waals surface area (Å²) in [6.45, 7) is 1.50. The van der Waals surface area contributed by atoms with Crippen molar-refractivity contribution in [2.24, 2.45) is 13.0 Å². The van der Waals surface area contributed by atoms with Crippen molar-refractivity contribution < 1.29 is 26.3 Å². The van der Waals surface area contributed by atoms with Crippen molar-refractivity contribution >= 4 is 26.9 Å². The van der Waals surface area contributed by atoms with E-state index in [1.165, 1.54) is 44.0 Å². The van der Waals surface area contributed by atoms with Crippen molar-refractivity contribution in [2.75, 3.05) is 17.6 Å². The molecular formula is C20H22F3N5O4S. The zero-order chi connectivity index (χ0) is 24.1. The van der Waals surface area contributed by atoms with Gasteiger partial charge in [0.2, 0.25) is 15.8 Å². The van der Waals surface area contributed by atoms with Crippen LogP contribution in [0.25, 0.3) is 22.3 Å². The fourth-order valence-corrected chi connectivity index (χ4v) is 4.07. The lowest BCUT2D eigenvalue weighted by atomic mass is 10.1. The minimum absolute atomic E-state index is 0.00931. The Labute approximate surface area is 187 Å². The molecule has 0 amide bonds. The molecule has 1 fully saturated rings. The number of imidazole rings is 1. The highest BCUT2D eigenvalue weighted by molar-refractivity contribution is 7.92. The molecule has 0 radical (unpaired) electrons. The summed E-state index contributed by atoms with van der Waals surface area (Å²) in [6.07, 6.45) is -1.68. The molecule has 1 saturated carbocycles. The summed E-state index contributed by atoms with van der Waals surface area (Å²) in [7, 11) is -1.05. The number of halogens is 3. The van der Waals surface area contributed by atoms with Gasteiger partial charge in [0.05, 0.1) is 24.1 Å². The van der Waals surface area contributed by atoms with E-state index in [4.69, 9.17) is 4.74 Å². The molecule has 1 aliphatic carbocycles. The maximum absolute atomic E-state index is 13.8. The second-order valence-corrected chi connectivity index (χ2v) is 9.94. The summed E-state index contributed by atoms with van der Waals surface area (Å²) in [5.41, 5.74) is 0.0187. The number of anilines is 1. The van der Waals surface area contributed by atoms with Crippen LogP contribution in [0.1, 0.15) is 25.6 Å². The molecule has 3 aromatic heterocycles. The second kappa shape index (κ2) is 8.04. The number of hydrogen-bond donors (Lipinski definition) is 1. The van der Waals surface area contributed by atoms with Crippen molar-refractivity contribution in [2.45, 2.75) is 32.5 Å². The van der Waals surface area contributed by atoms with Gasteiger partial charge >= 0.3 is 6.18 Å². The molecule has 0 spiro atoms. The first-order valence-corrected chi connectivity index (χ1v) is 11.8. The molecule has 4 rings (SSSR count). The summed E-state index contributed by atoms with van der Waals surface area (Å²) in [5, 5.41) is 0. The number of aromatic nitrogens is 4. The fourth-order valence-electron chi connectivity index (χ4n) is 3.49. The molecule has 0 atom stereocenters. The first-order valence-electron chi connectivity index (χ1n) is 10.2. The van der Waals surface area contributed by atoms with Gasteiger partial charge < -0.3 is 13.9 Å². The summed E-state index contributed by atoms with van der Waals surface area (Å²) < 4.78 is 75.6. The van der Waals surface area contributed by atoms with E-state index in [1.54, 1.807) is 0 Å². The molecule has 33 heavy (non-hydrogen) atoms. The van der Waals surface area contributed by atoms with E-state index < -0.39 is 27.6 Å². The minimum atomic E-state index is -4.74. The Balaban J connectivity index is 2.02. The van der Waals surface area contributed by atoms with E-state index in [2.05, 4.69) is 14.7 Å². The Morgan fingerprint density at radius 3 is 2.52 bits per heavy atom. The van der Waals surface area contributed by atoms with Crippen molar-refractivity contribution in [1.82, 2.24) is 19.1 Å². The highest BCUT2D eigenvalue weighted by Crippen LogP contribution is 2.39. The molecule has 178 valence electrons. The van der Waals surface area contributed by atoms with E-state index >= 15 is 0 Å². The lowest BCUT2D eigenvalue weighted by molar-refractivity contribution is -0.147. The highest BCUT2D eigenvalue weighted by atomic mass is 32.2. The van der Waals surface area contributed by atoms with Crippen LogP contribution in [0.15, 0.2) is 23.1 Å². The number of aryl methyl sites for hydroxylation is 1. The topological polar surface area (TPSA) is 108 Å². The summed E-state index contributed by atoms with van der Waals surface area (Å²) in [4.78, 5) is 20.2. The van der Waals surface area contributed by atoms with Crippen LogP contribution >= 0.6 is 0 Å². The number of rotatable bonds is 7. The molecule has 1 N–H and O–H groups in total. The predicted molar refractivity (Wildman–Crippen MR) is 116 cm³/mol. The molecule has 0 unspecified atom stereocenters. The Morgan fingerprint density at radius 2 is 1.94 bits per heavy atom. The second-order valence-electron chi connectivity index (χ2n) is 7.93. The van der Waals surface area contributed by atoms with Crippen LogP contribution in [0.2, 0.25) is 0 Å². The van der Waals surface area contributed by atoms with Crippen LogP contribution in [0.5, 0.6) is 5.75 Å². The van der Waals surface area contributed by atoms with Crippen molar-refractivity contribution in [3.8, 4) is 17.0 Å². The standard InChI is InChI=1S/C20H22F3N5O4S/c1-4-33(30,31)26-17-16-14(28(9-11-5-6-11)19(25-16)20(21,22)23)8-13(24-17)12-7-15(32-3)18(29)27(2)10-12/h7-8,10-11H,4-6,9H2,1-3H3,(H,24,26). The lowest BCUT2D eigenvalue weighted by Gasteiger charge is -2.13. The number of hydrogen-bond acceptors (Lipinski definition) is 6. The molecule has 3 heterocycles. The van der Waals surface area contributed by atoms with Gasteiger partial charge in [-0.1, -0.05) is 0 Å². The number of ether oxygens (including phenoxy) is 1. The molecule has 1 aliphatic rings. The minimum Gasteiger partial charge on any atom is -0.491 e. The maximum atomic E-state index is 13.8.